The zero-order valence-corrected chi connectivity index (χ0v) is 18.9. The first-order valence-corrected chi connectivity index (χ1v) is 11.2. The van der Waals surface area contributed by atoms with Crippen molar-refractivity contribution >= 4 is 0 Å². The average Bonchev–Trinajstić information content (AvgIpc) is 3.29. The van der Waals surface area contributed by atoms with Gasteiger partial charge in [-0.05, 0) is 56.6 Å². The fraction of sp³-hybridized carbons (Fsp3) is 0.440. The quantitative estimate of drug-likeness (QED) is 0.549. The largest absolute Gasteiger partial charge is 0.496 e. The maximum Gasteiger partial charge on any atom is 0.241 e. The second-order valence-electron chi connectivity index (χ2n) is 8.58. The third-order valence-corrected chi connectivity index (χ3v) is 6.11. The standard InChI is InChI=1S/C25H32N4O3/c1-28(18-24-26-25(27-32-24)21-10-6-7-11-23(21)31-2)16-19-12-14-29(15-13-19)17-22(30)20-8-4-3-5-9-20/h3-11,19,22,30H,12-18H2,1-2H3. The lowest BCUT2D eigenvalue weighted by Crippen LogP contribution is -2.39. The SMILES string of the molecule is COc1ccccc1-c1noc(CN(C)CC2CCN(CC(O)c3ccccc3)CC2)n1. The van der Waals surface area contributed by atoms with E-state index in [0.717, 1.165) is 49.4 Å². The van der Waals surface area contributed by atoms with Gasteiger partial charge in [0, 0.05) is 13.1 Å². The Kier molecular flexibility index (Phi) is 7.52. The molecule has 1 aliphatic heterocycles. The first-order chi connectivity index (χ1) is 15.6. The van der Waals surface area contributed by atoms with E-state index in [2.05, 4.69) is 27.0 Å². The number of nitrogens with zero attached hydrogens (tertiary/aromatic N) is 4. The molecule has 0 saturated carbocycles. The number of β-amino-alcohol motifs (C(OH)–C–C–N with tert-alkyl or cyclic N) is 1. The molecular weight excluding hydrogens is 404 g/mol. The summed E-state index contributed by atoms with van der Waals surface area (Å²) in [5.74, 6) is 2.52. The van der Waals surface area contributed by atoms with Gasteiger partial charge in [-0.2, -0.15) is 4.98 Å². The van der Waals surface area contributed by atoms with Crippen molar-refractivity contribution in [2.45, 2.75) is 25.5 Å². The van der Waals surface area contributed by atoms with Gasteiger partial charge < -0.3 is 19.3 Å². The second-order valence-corrected chi connectivity index (χ2v) is 8.58. The van der Waals surface area contributed by atoms with Gasteiger partial charge in [-0.3, -0.25) is 4.90 Å². The summed E-state index contributed by atoms with van der Waals surface area (Å²) in [5.41, 5.74) is 1.82. The molecule has 0 bridgehead atoms. The molecule has 7 nitrogen and oxygen atoms in total. The van der Waals surface area contributed by atoms with E-state index >= 15 is 0 Å². The molecule has 0 radical (unpaired) electrons. The number of para-hydroxylation sites is 1. The van der Waals surface area contributed by atoms with Gasteiger partial charge in [-0.15, -0.1) is 0 Å². The summed E-state index contributed by atoms with van der Waals surface area (Å²) < 4.78 is 10.9. The van der Waals surface area contributed by atoms with Crippen molar-refractivity contribution in [2.24, 2.45) is 5.92 Å². The van der Waals surface area contributed by atoms with Crippen LogP contribution >= 0.6 is 0 Å². The minimum atomic E-state index is -0.426. The molecule has 170 valence electrons. The number of piperidine rings is 1. The molecule has 1 saturated heterocycles. The van der Waals surface area contributed by atoms with E-state index in [1.54, 1.807) is 7.11 Å². The molecule has 1 atom stereocenters. The molecule has 2 heterocycles. The summed E-state index contributed by atoms with van der Waals surface area (Å²) in [6.45, 7) is 4.33. The highest BCUT2D eigenvalue weighted by Gasteiger charge is 2.23. The summed E-state index contributed by atoms with van der Waals surface area (Å²) in [6.07, 6.45) is 1.83. The van der Waals surface area contributed by atoms with E-state index in [4.69, 9.17) is 9.26 Å². The number of aliphatic hydroxyl groups excluding tert-OH is 1. The zero-order valence-electron chi connectivity index (χ0n) is 18.9. The predicted molar refractivity (Wildman–Crippen MR) is 123 cm³/mol. The van der Waals surface area contributed by atoms with E-state index in [9.17, 15) is 5.11 Å². The second kappa shape index (κ2) is 10.7. The van der Waals surface area contributed by atoms with Gasteiger partial charge >= 0.3 is 0 Å². The van der Waals surface area contributed by atoms with E-state index in [1.807, 2.05) is 54.6 Å². The number of rotatable bonds is 9. The van der Waals surface area contributed by atoms with E-state index in [1.165, 1.54) is 0 Å². The van der Waals surface area contributed by atoms with Crippen LogP contribution < -0.4 is 4.74 Å². The molecule has 1 fully saturated rings. The highest BCUT2D eigenvalue weighted by atomic mass is 16.5. The Labute approximate surface area is 189 Å². The highest BCUT2D eigenvalue weighted by Crippen LogP contribution is 2.27. The number of aromatic nitrogens is 2. The van der Waals surface area contributed by atoms with Crippen molar-refractivity contribution < 1.29 is 14.4 Å². The molecule has 0 aliphatic carbocycles. The summed E-state index contributed by atoms with van der Waals surface area (Å²) >= 11 is 0. The van der Waals surface area contributed by atoms with Crippen molar-refractivity contribution in [1.29, 1.82) is 0 Å². The minimum absolute atomic E-state index is 0.426. The van der Waals surface area contributed by atoms with Gasteiger partial charge in [0.1, 0.15) is 5.75 Å². The Morgan fingerprint density at radius 3 is 2.59 bits per heavy atom. The highest BCUT2D eigenvalue weighted by molar-refractivity contribution is 5.63. The maximum atomic E-state index is 10.5. The lowest BCUT2D eigenvalue weighted by Gasteiger charge is -2.34. The van der Waals surface area contributed by atoms with E-state index in [0.29, 0.717) is 30.7 Å². The number of hydrogen-bond acceptors (Lipinski definition) is 7. The molecule has 1 aromatic heterocycles. The van der Waals surface area contributed by atoms with E-state index < -0.39 is 6.10 Å². The van der Waals surface area contributed by atoms with Crippen LogP contribution in [0, 0.1) is 5.92 Å². The fourth-order valence-corrected chi connectivity index (χ4v) is 4.37. The Morgan fingerprint density at radius 1 is 1.12 bits per heavy atom. The number of benzene rings is 2. The van der Waals surface area contributed by atoms with Crippen molar-refractivity contribution in [3.8, 4) is 17.1 Å². The molecule has 32 heavy (non-hydrogen) atoms. The lowest BCUT2D eigenvalue weighted by atomic mass is 9.95. The number of aliphatic hydroxyl groups is 1. The molecule has 0 amide bonds. The number of ether oxygens (including phenoxy) is 1. The normalized spacial score (nSPS) is 16.4. The third-order valence-electron chi connectivity index (χ3n) is 6.11. The van der Waals surface area contributed by atoms with Crippen LogP contribution in [0.4, 0.5) is 0 Å². The Balaban J connectivity index is 1.23. The van der Waals surface area contributed by atoms with Crippen LogP contribution in [0.25, 0.3) is 11.4 Å². The fourth-order valence-electron chi connectivity index (χ4n) is 4.37. The van der Waals surface area contributed by atoms with Crippen LogP contribution in [0.15, 0.2) is 59.1 Å². The summed E-state index contributed by atoms with van der Waals surface area (Å²) in [5, 5.41) is 14.6. The molecule has 1 N–H and O–H groups in total. The van der Waals surface area contributed by atoms with Crippen molar-refractivity contribution in [1.82, 2.24) is 19.9 Å². The lowest BCUT2D eigenvalue weighted by molar-refractivity contribution is 0.0816. The molecule has 3 aromatic rings. The minimum Gasteiger partial charge on any atom is -0.496 e. The van der Waals surface area contributed by atoms with Gasteiger partial charge in [0.05, 0.1) is 25.3 Å². The molecular formula is C25H32N4O3. The first-order valence-electron chi connectivity index (χ1n) is 11.2. The smallest absolute Gasteiger partial charge is 0.241 e. The predicted octanol–water partition coefficient (Wildman–Crippen LogP) is 3.62. The van der Waals surface area contributed by atoms with Crippen LogP contribution in [0.1, 0.15) is 30.4 Å². The maximum absolute atomic E-state index is 10.5. The Hall–Kier alpha value is -2.74. The number of hydrogen-bond donors (Lipinski definition) is 1. The molecule has 0 spiro atoms. The van der Waals surface area contributed by atoms with Gasteiger partial charge in [-0.1, -0.05) is 47.6 Å². The number of methoxy groups -OCH3 is 1. The van der Waals surface area contributed by atoms with Crippen molar-refractivity contribution in [2.75, 3.05) is 40.3 Å². The molecule has 7 heteroatoms. The summed E-state index contributed by atoms with van der Waals surface area (Å²) in [4.78, 5) is 9.18. The van der Waals surface area contributed by atoms with E-state index in [-0.39, 0.29) is 0 Å². The molecule has 2 aromatic carbocycles. The van der Waals surface area contributed by atoms with Gasteiger partial charge in [0.15, 0.2) is 0 Å². The topological polar surface area (TPSA) is 74.9 Å². The van der Waals surface area contributed by atoms with Crippen LogP contribution in [-0.2, 0) is 6.54 Å². The molecule has 1 aliphatic rings. The van der Waals surface area contributed by atoms with Crippen LogP contribution in [0.2, 0.25) is 0 Å². The van der Waals surface area contributed by atoms with Crippen LogP contribution in [0.5, 0.6) is 5.75 Å². The van der Waals surface area contributed by atoms with Crippen LogP contribution in [0.3, 0.4) is 0 Å². The van der Waals surface area contributed by atoms with Crippen molar-refractivity contribution in [3.05, 3.63) is 66.1 Å². The monoisotopic (exact) mass is 436 g/mol. The summed E-state index contributed by atoms with van der Waals surface area (Å²) in [7, 11) is 3.74. The van der Waals surface area contributed by atoms with Crippen LogP contribution in [-0.4, -0.2) is 65.4 Å². The third kappa shape index (κ3) is 5.73. The van der Waals surface area contributed by atoms with Gasteiger partial charge in [-0.25, -0.2) is 0 Å². The zero-order chi connectivity index (χ0) is 22.3. The Bertz CT molecular complexity index is 970. The number of likely N-dealkylation sites (tertiary alicyclic amines) is 1. The average molecular weight is 437 g/mol. The van der Waals surface area contributed by atoms with Gasteiger partial charge in [0.25, 0.3) is 0 Å². The molecule has 4 rings (SSSR count). The first kappa shape index (κ1) is 22.5. The molecule has 1 unspecified atom stereocenters. The summed E-state index contributed by atoms with van der Waals surface area (Å²) in [6, 6.07) is 17.6. The van der Waals surface area contributed by atoms with Crippen molar-refractivity contribution in [3.63, 3.8) is 0 Å². The Morgan fingerprint density at radius 2 is 1.84 bits per heavy atom. The van der Waals surface area contributed by atoms with Gasteiger partial charge in [0.2, 0.25) is 11.7 Å².